The summed E-state index contributed by atoms with van der Waals surface area (Å²) in [7, 11) is -5.17. The van der Waals surface area contributed by atoms with Gasteiger partial charge in [0.1, 0.15) is 0 Å². The van der Waals surface area contributed by atoms with Gasteiger partial charge < -0.3 is 9.11 Å². The first-order valence-corrected chi connectivity index (χ1v) is 9.97. The fourth-order valence-electron chi connectivity index (χ4n) is 1.57. The van der Waals surface area contributed by atoms with Crippen molar-refractivity contribution in [2.75, 3.05) is 0 Å². The maximum Gasteiger partial charge on any atom is 0.0311 e. The van der Waals surface area contributed by atoms with Crippen molar-refractivity contribution >= 4 is 10.4 Å². The number of nitrogens with zero attached hydrogens (tertiary/aromatic N) is 2. The van der Waals surface area contributed by atoms with Gasteiger partial charge in [-0.2, -0.15) is 0 Å². The van der Waals surface area contributed by atoms with Gasteiger partial charge in [-0.05, 0) is 0 Å². The van der Waals surface area contributed by atoms with Gasteiger partial charge in [0.2, 0.25) is 0 Å². The van der Waals surface area contributed by atoms with E-state index in [1.807, 2.05) is 0 Å². The SMILES string of the molecule is CC(C)[N]([Pt+2][N](C(C)C)C(C)C)C(C)C.O=S(=O)([O-])[O-]. The van der Waals surface area contributed by atoms with E-state index in [1.54, 1.807) is 0 Å². The maximum absolute atomic E-state index is 8.52. The van der Waals surface area contributed by atoms with Gasteiger partial charge in [0.15, 0.2) is 0 Å². The second-order valence-corrected chi connectivity index (χ2v) is 9.09. The zero-order chi connectivity index (χ0) is 16.7. The van der Waals surface area contributed by atoms with Gasteiger partial charge >= 0.3 is 106 Å². The second kappa shape index (κ2) is 10.2. The van der Waals surface area contributed by atoms with E-state index in [4.69, 9.17) is 17.5 Å². The molecule has 0 unspecified atom stereocenters. The Hall–Kier alpha value is 0.478. The van der Waals surface area contributed by atoms with Crippen molar-refractivity contribution < 1.29 is 36.6 Å². The van der Waals surface area contributed by atoms with Crippen molar-refractivity contribution in [2.45, 2.75) is 79.6 Å². The van der Waals surface area contributed by atoms with Crippen LogP contribution in [0.3, 0.4) is 0 Å². The summed E-state index contributed by atoms with van der Waals surface area (Å²) >= 11 is -0.0123. The first-order chi connectivity index (χ1) is 8.77. The second-order valence-electron chi connectivity index (χ2n) is 5.47. The third-order valence-electron chi connectivity index (χ3n) is 1.99. The summed E-state index contributed by atoms with van der Waals surface area (Å²) in [5.74, 6) is 0. The fourth-order valence-corrected chi connectivity index (χ4v) is 4.27. The molecule has 126 valence electrons. The van der Waals surface area contributed by atoms with Crippen LogP contribution in [0.5, 0.6) is 0 Å². The quantitative estimate of drug-likeness (QED) is 0.416. The molecule has 0 atom stereocenters. The molecular weight excluding hydrogens is 463 g/mol. The van der Waals surface area contributed by atoms with E-state index in [1.165, 1.54) is 0 Å². The number of hydrogen-bond acceptors (Lipinski definition) is 6. The van der Waals surface area contributed by atoms with Gasteiger partial charge in [-0.3, -0.25) is 8.42 Å². The Bertz CT molecular complexity index is 303. The Labute approximate surface area is 133 Å². The van der Waals surface area contributed by atoms with Gasteiger partial charge in [0.25, 0.3) is 0 Å². The molecule has 0 fully saturated rings. The zero-order valence-corrected chi connectivity index (χ0v) is 16.7. The first kappa shape index (κ1) is 22.8. The van der Waals surface area contributed by atoms with Gasteiger partial charge in [-0.1, -0.05) is 0 Å². The molecule has 0 aromatic carbocycles. The largest absolute Gasteiger partial charge is 0.759 e. The van der Waals surface area contributed by atoms with Crippen LogP contribution in [0.2, 0.25) is 0 Å². The van der Waals surface area contributed by atoms with Crippen molar-refractivity contribution in [2.24, 2.45) is 0 Å². The summed E-state index contributed by atoms with van der Waals surface area (Å²) in [5.41, 5.74) is 0. The summed E-state index contributed by atoms with van der Waals surface area (Å²) in [5, 5.41) is 0. The number of rotatable bonds is 6. The molecule has 0 aliphatic rings. The van der Waals surface area contributed by atoms with E-state index in [0.717, 1.165) is 0 Å². The van der Waals surface area contributed by atoms with Crippen LogP contribution in [0.15, 0.2) is 0 Å². The van der Waals surface area contributed by atoms with Gasteiger partial charge in [-0.25, -0.2) is 0 Å². The van der Waals surface area contributed by atoms with Crippen molar-refractivity contribution in [1.29, 1.82) is 0 Å². The van der Waals surface area contributed by atoms with Crippen molar-refractivity contribution in [3.05, 3.63) is 0 Å². The van der Waals surface area contributed by atoms with Crippen LogP contribution in [-0.2, 0) is 29.5 Å². The van der Waals surface area contributed by atoms with E-state index in [2.05, 4.69) is 62.3 Å². The molecule has 0 aliphatic carbocycles. The summed E-state index contributed by atoms with van der Waals surface area (Å²) in [6, 6.07) is 2.66. The summed E-state index contributed by atoms with van der Waals surface area (Å²) in [6.07, 6.45) is 0. The smallest absolute Gasteiger partial charge is 0.0311 e. The minimum absolute atomic E-state index is 0.0123. The molecule has 0 radical (unpaired) electrons. The molecule has 8 heteroatoms. The summed E-state index contributed by atoms with van der Waals surface area (Å²) in [4.78, 5) is 0. The van der Waals surface area contributed by atoms with E-state index in [9.17, 15) is 0 Å². The van der Waals surface area contributed by atoms with Gasteiger partial charge in [0, 0.05) is 10.4 Å². The van der Waals surface area contributed by atoms with E-state index >= 15 is 0 Å². The van der Waals surface area contributed by atoms with Crippen LogP contribution < -0.4 is 0 Å². The van der Waals surface area contributed by atoms with E-state index in [-0.39, 0.29) is 19.1 Å². The first-order valence-electron chi connectivity index (χ1n) is 6.60. The Kier molecular flexibility index (Phi) is 11.7. The molecular formula is C12H28N2O4PtS. The Morgan fingerprint density at radius 1 is 0.700 bits per heavy atom. The Morgan fingerprint density at radius 2 is 0.850 bits per heavy atom. The molecule has 0 rings (SSSR count). The molecule has 0 saturated heterocycles. The third-order valence-corrected chi connectivity index (χ3v) is 7.73. The van der Waals surface area contributed by atoms with Crippen LogP contribution in [0, 0.1) is 0 Å². The fraction of sp³-hybridized carbons (Fsp3) is 1.00. The van der Waals surface area contributed by atoms with Crippen LogP contribution in [0.4, 0.5) is 0 Å². The van der Waals surface area contributed by atoms with Crippen LogP contribution in [-0.4, -0.2) is 48.6 Å². The van der Waals surface area contributed by atoms with Gasteiger partial charge in [0.05, 0.1) is 0 Å². The molecule has 0 bridgehead atoms. The number of hydrogen-bond donors (Lipinski definition) is 0. The third kappa shape index (κ3) is 13.5. The van der Waals surface area contributed by atoms with Crippen LogP contribution in [0.25, 0.3) is 0 Å². The average Bonchev–Trinajstić information content (AvgIpc) is 2.12. The molecule has 0 aromatic rings. The Balaban J connectivity index is 0. The maximum atomic E-state index is 8.52. The van der Waals surface area contributed by atoms with Crippen molar-refractivity contribution in [3.63, 3.8) is 0 Å². The molecule has 0 amide bonds. The summed E-state index contributed by atoms with van der Waals surface area (Å²) in [6.45, 7) is 18.4. The van der Waals surface area contributed by atoms with E-state index < -0.39 is 10.4 Å². The molecule has 0 aromatic heterocycles. The molecule has 0 N–H and O–H groups in total. The normalized spacial score (nSPS) is 13.0. The van der Waals surface area contributed by atoms with Gasteiger partial charge in [-0.15, -0.1) is 0 Å². The van der Waals surface area contributed by atoms with Crippen molar-refractivity contribution in [3.8, 4) is 0 Å². The molecule has 6 nitrogen and oxygen atoms in total. The predicted octanol–water partition coefficient (Wildman–Crippen LogP) is 1.80. The van der Waals surface area contributed by atoms with E-state index in [0.29, 0.717) is 24.2 Å². The predicted molar refractivity (Wildman–Crippen MR) is 74.7 cm³/mol. The summed E-state index contributed by atoms with van der Waals surface area (Å²) < 4.78 is 39.4. The molecule has 0 saturated carbocycles. The Morgan fingerprint density at radius 3 is 0.950 bits per heavy atom. The monoisotopic (exact) mass is 491 g/mol. The topological polar surface area (TPSA) is 86.7 Å². The average molecular weight is 492 g/mol. The van der Waals surface area contributed by atoms with Crippen LogP contribution >= 0.6 is 0 Å². The zero-order valence-electron chi connectivity index (χ0n) is 13.6. The minimum atomic E-state index is -5.17. The van der Waals surface area contributed by atoms with Crippen molar-refractivity contribution in [1.82, 2.24) is 6.92 Å². The minimum Gasteiger partial charge on any atom is -0.759 e. The molecule has 0 heterocycles. The molecule has 20 heavy (non-hydrogen) atoms. The standard InChI is InChI=1S/2C6H14N.H2O4S.Pt/c2*1-5(2)7-6(3)4;1-5(2,3)4;/h2*5-6H,1-4H3;(H2,1,2,3,4);/q2*-1;;+4/p-2. The molecule has 0 spiro atoms. The molecule has 0 aliphatic heterocycles. The van der Waals surface area contributed by atoms with Crippen LogP contribution in [0.1, 0.15) is 55.4 Å².